The van der Waals surface area contributed by atoms with Crippen LogP contribution in [0.25, 0.3) is 0 Å². The van der Waals surface area contributed by atoms with Crippen molar-refractivity contribution in [1.82, 2.24) is 15.3 Å². The number of hydrogen-bond donors (Lipinski definition) is 2. The van der Waals surface area contributed by atoms with Gasteiger partial charge < -0.3 is 10.3 Å². The number of aromatic nitrogens is 2. The van der Waals surface area contributed by atoms with E-state index < -0.39 is 0 Å². The van der Waals surface area contributed by atoms with Gasteiger partial charge in [-0.3, -0.25) is 0 Å². The Balaban J connectivity index is 1.80. The quantitative estimate of drug-likeness (QED) is 0.768. The molecule has 0 spiro atoms. The van der Waals surface area contributed by atoms with Gasteiger partial charge in [-0.2, -0.15) is 11.8 Å². The Hall–Kier alpha value is -0.190. The number of unbranched alkanes of at least 4 members (excludes halogenated alkanes) is 1. The van der Waals surface area contributed by atoms with Crippen molar-refractivity contribution in [3.8, 4) is 0 Å². The molecule has 0 atom stereocenters. The van der Waals surface area contributed by atoms with Crippen LogP contribution in [0.15, 0.2) is 0 Å². The summed E-state index contributed by atoms with van der Waals surface area (Å²) in [5.74, 6) is 1.02. The molecule has 0 saturated heterocycles. The lowest BCUT2D eigenvalue weighted by Gasteiger charge is -2.40. The van der Waals surface area contributed by atoms with Crippen LogP contribution in [0.5, 0.6) is 0 Å². The number of thioether (sulfide) groups is 1. The van der Waals surface area contributed by atoms with Crippen molar-refractivity contribution < 1.29 is 0 Å². The molecule has 1 aliphatic carbocycles. The van der Waals surface area contributed by atoms with Crippen molar-refractivity contribution in [2.75, 3.05) is 12.8 Å². The zero-order valence-corrected chi connectivity index (χ0v) is 13.5. The molecule has 1 saturated carbocycles. The minimum absolute atomic E-state index is 0.470. The first kappa shape index (κ1) is 15.2. The Morgan fingerprint density at radius 2 is 2.26 bits per heavy atom. The number of nitrogens with one attached hydrogen (secondary N) is 2. The highest BCUT2D eigenvalue weighted by Gasteiger charge is 2.35. The summed E-state index contributed by atoms with van der Waals surface area (Å²) in [4.78, 5) is 7.73. The van der Waals surface area contributed by atoms with Gasteiger partial charge in [0, 0.05) is 24.3 Å². The maximum Gasteiger partial charge on any atom is 0.151 e. The van der Waals surface area contributed by atoms with Gasteiger partial charge in [0.15, 0.2) is 5.15 Å². The van der Waals surface area contributed by atoms with E-state index in [2.05, 4.69) is 28.5 Å². The second-order valence-electron chi connectivity index (χ2n) is 5.40. The predicted octanol–water partition coefficient (Wildman–Crippen LogP) is 3.78. The number of aryl methyl sites for hydroxylation is 1. The zero-order chi connectivity index (χ0) is 13.7. The Morgan fingerprint density at radius 1 is 1.47 bits per heavy atom. The standard InChI is InChI=1S/C14H24ClN3S/c1-3-4-6-12-17-11(13(15)18-12)9-16-10-14(19-2)7-5-8-14/h16H,3-10H2,1-2H3,(H,17,18). The van der Waals surface area contributed by atoms with Crippen molar-refractivity contribution >= 4 is 23.4 Å². The molecule has 1 aromatic rings. The summed E-state index contributed by atoms with van der Waals surface area (Å²) >= 11 is 8.16. The molecule has 2 rings (SSSR count). The molecule has 19 heavy (non-hydrogen) atoms. The number of nitrogens with zero attached hydrogens (tertiary/aromatic N) is 1. The van der Waals surface area contributed by atoms with Crippen LogP contribution in [-0.4, -0.2) is 27.5 Å². The molecule has 0 bridgehead atoms. The molecule has 1 heterocycles. The molecule has 2 N–H and O–H groups in total. The highest BCUT2D eigenvalue weighted by atomic mass is 35.5. The van der Waals surface area contributed by atoms with Gasteiger partial charge in [0.1, 0.15) is 5.82 Å². The number of H-pyrrole nitrogens is 1. The fourth-order valence-corrected chi connectivity index (χ4v) is 3.62. The summed E-state index contributed by atoms with van der Waals surface area (Å²) in [6.07, 6.45) is 9.58. The maximum absolute atomic E-state index is 6.17. The second-order valence-corrected chi connectivity index (χ2v) is 7.03. The number of halogens is 1. The van der Waals surface area contributed by atoms with Gasteiger partial charge in [-0.1, -0.05) is 31.4 Å². The minimum Gasteiger partial charge on any atom is -0.344 e. The maximum atomic E-state index is 6.17. The van der Waals surface area contributed by atoms with Crippen LogP contribution in [-0.2, 0) is 13.0 Å². The SMILES string of the molecule is CCCCc1nc(Cl)c(CNCC2(SC)CCC2)[nH]1. The lowest BCUT2D eigenvalue weighted by atomic mass is 9.84. The number of hydrogen-bond acceptors (Lipinski definition) is 3. The number of aromatic amines is 1. The van der Waals surface area contributed by atoms with E-state index in [1.54, 1.807) is 0 Å². The predicted molar refractivity (Wildman–Crippen MR) is 84.0 cm³/mol. The fourth-order valence-electron chi connectivity index (χ4n) is 2.46. The summed E-state index contributed by atoms with van der Waals surface area (Å²) in [5, 5.41) is 4.16. The first-order valence-corrected chi connectivity index (χ1v) is 8.78. The third-order valence-electron chi connectivity index (χ3n) is 3.99. The van der Waals surface area contributed by atoms with Crippen LogP contribution < -0.4 is 5.32 Å². The molecule has 1 fully saturated rings. The molecule has 0 aliphatic heterocycles. The Labute approximate surface area is 125 Å². The smallest absolute Gasteiger partial charge is 0.151 e. The lowest BCUT2D eigenvalue weighted by molar-refractivity contribution is 0.345. The molecule has 0 unspecified atom stereocenters. The normalized spacial score (nSPS) is 17.4. The first-order valence-electron chi connectivity index (χ1n) is 7.18. The fraction of sp³-hybridized carbons (Fsp3) is 0.786. The van der Waals surface area contributed by atoms with Crippen molar-refractivity contribution in [2.24, 2.45) is 0 Å². The molecule has 108 valence electrons. The van der Waals surface area contributed by atoms with Gasteiger partial charge in [0.05, 0.1) is 5.69 Å². The summed E-state index contributed by atoms with van der Waals surface area (Å²) in [7, 11) is 0. The average Bonchev–Trinajstić information content (AvgIpc) is 2.71. The first-order chi connectivity index (χ1) is 9.19. The molecular weight excluding hydrogens is 278 g/mol. The van der Waals surface area contributed by atoms with Gasteiger partial charge in [-0.25, -0.2) is 4.98 Å². The van der Waals surface area contributed by atoms with E-state index in [1.165, 1.54) is 25.7 Å². The minimum atomic E-state index is 0.470. The van der Waals surface area contributed by atoms with Gasteiger partial charge in [0.2, 0.25) is 0 Å². The van der Waals surface area contributed by atoms with Crippen LogP contribution in [0.4, 0.5) is 0 Å². The Bertz CT molecular complexity index is 396. The van der Waals surface area contributed by atoms with E-state index in [1.807, 2.05) is 11.8 Å². The van der Waals surface area contributed by atoms with Crippen LogP contribution in [0.1, 0.15) is 50.5 Å². The van der Waals surface area contributed by atoms with E-state index in [0.717, 1.165) is 37.4 Å². The lowest BCUT2D eigenvalue weighted by Crippen LogP contribution is -2.43. The summed E-state index contributed by atoms with van der Waals surface area (Å²) in [6.45, 7) is 4.04. The zero-order valence-electron chi connectivity index (χ0n) is 11.9. The van der Waals surface area contributed by atoms with Crippen LogP contribution in [0, 0.1) is 0 Å². The van der Waals surface area contributed by atoms with Crippen molar-refractivity contribution in [3.63, 3.8) is 0 Å². The van der Waals surface area contributed by atoms with Gasteiger partial charge in [-0.15, -0.1) is 0 Å². The van der Waals surface area contributed by atoms with Crippen molar-refractivity contribution in [2.45, 2.75) is 56.7 Å². The van der Waals surface area contributed by atoms with Gasteiger partial charge in [-0.05, 0) is 25.5 Å². The molecule has 0 aromatic carbocycles. The van der Waals surface area contributed by atoms with E-state index in [4.69, 9.17) is 11.6 Å². The summed E-state index contributed by atoms with van der Waals surface area (Å²) in [5.41, 5.74) is 1.03. The molecule has 3 nitrogen and oxygen atoms in total. The Morgan fingerprint density at radius 3 is 2.84 bits per heavy atom. The largest absolute Gasteiger partial charge is 0.344 e. The van der Waals surface area contributed by atoms with E-state index in [-0.39, 0.29) is 0 Å². The van der Waals surface area contributed by atoms with E-state index >= 15 is 0 Å². The molecule has 5 heteroatoms. The summed E-state index contributed by atoms with van der Waals surface area (Å²) < 4.78 is 0.470. The van der Waals surface area contributed by atoms with Crippen LogP contribution in [0.2, 0.25) is 5.15 Å². The molecule has 0 radical (unpaired) electrons. The third kappa shape index (κ3) is 3.89. The molecular formula is C14H24ClN3S. The molecule has 1 aromatic heterocycles. The van der Waals surface area contributed by atoms with Crippen molar-refractivity contribution in [1.29, 1.82) is 0 Å². The summed E-state index contributed by atoms with van der Waals surface area (Å²) in [6, 6.07) is 0. The van der Waals surface area contributed by atoms with Gasteiger partial charge in [0.25, 0.3) is 0 Å². The van der Waals surface area contributed by atoms with Crippen LogP contribution in [0.3, 0.4) is 0 Å². The Kier molecular flexibility index (Phi) is 5.60. The average molecular weight is 302 g/mol. The highest BCUT2D eigenvalue weighted by Crippen LogP contribution is 2.42. The number of rotatable bonds is 8. The van der Waals surface area contributed by atoms with Crippen molar-refractivity contribution in [3.05, 3.63) is 16.7 Å². The third-order valence-corrected chi connectivity index (χ3v) is 5.72. The van der Waals surface area contributed by atoms with E-state index in [0.29, 0.717) is 9.90 Å². The number of imidazole rings is 1. The van der Waals surface area contributed by atoms with E-state index in [9.17, 15) is 0 Å². The molecule has 0 amide bonds. The highest BCUT2D eigenvalue weighted by molar-refractivity contribution is 8.00. The van der Waals surface area contributed by atoms with Gasteiger partial charge >= 0.3 is 0 Å². The molecule has 1 aliphatic rings. The van der Waals surface area contributed by atoms with Crippen LogP contribution >= 0.6 is 23.4 Å². The topological polar surface area (TPSA) is 40.7 Å². The monoisotopic (exact) mass is 301 g/mol. The second kappa shape index (κ2) is 7.00.